The van der Waals surface area contributed by atoms with Crippen LogP contribution in [-0.4, -0.2) is 38.3 Å². The standard InChI is InChI=1S/C18H21N5O2/c1-22-17-14(10-19-22)18(24)21-16(20-17)11-23-8-4-7-15(23)12-5-3-6-13(9-12)25-2/h3,5-6,9-10,15H,4,7-8,11H2,1-2H3,(H,20,21,24). The Balaban J connectivity index is 1.63. The first kappa shape index (κ1) is 15.8. The molecule has 0 spiro atoms. The van der Waals surface area contributed by atoms with Crippen LogP contribution in [-0.2, 0) is 13.6 Å². The molecule has 1 aliphatic heterocycles. The number of rotatable bonds is 4. The molecule has 0 saturated carbocycles. The number of ether oxygens (including phenoxy) is 1. The van der Waals surface area contributed by atoms with Crippen molar-refractivity contribution in [1.82, 2.24) is 24.6 Å². The minimum absolute atomic E-state index is 0.134. The molecule has 1 aromatic carbocycles. The summed E-state index contributed by atoms with van der Waals surface area (Å²) in [5, 5.41) is 4.64. The quantitative estimate of drug-likeness (QED) is 0.787. The second-order valence-electron chi connectivity index (χ2n) is 6.42. The second kappa shape index (κ2) is 6.33. The van der Waals surface area contributed by atoms with E-state index in [2.05, 4.69) is 32.1 Å². The van der Waals surface area contributed by atoms with Crippen LogP contribution in [0.5, 0.6) is 5.75 Å². The number of H-pyrrole nitrogens is 1. The number of nitrogens with zero attached hydrogens (tertiary/aromatic N) is 4. The number of benzene rings is 1. The summed E-state index contributed by atoms with van der Waals surface area (Å²) in [5.74, 6) is 1.54. The highest BCUT2D eigenvalue weighted by Gasteiger charge is 2.27. The van der Waals surface area contributed by atoms with Gasteiger partial charge in [0.15, 0.2) is 5.65 Å². The zero-order valence-corrected chi connectivity index (χ0v) is 14.4. The number of methoxy groups -OCH3 is 1. The Hall–Kier alpha value is -2.67. The Bertz CT molecular complexity index is 961. The summed E-state index contributed by atoms with van der Waals surface area (Å²) in [6, 6.07) is 8.50. The molecule has 130 valence electrons. The fraction of sp³-hybridized carbons (Fsp3) is 0.389. The average molecular weight is 339 g/mol. The first-order chi connectivity index (χ1) is 12.2. The van der Waals surface area contributed by atoms with E-state index in [9.17, 15) is 4.79 Å². The molecule has 4 rings (SSSR count). The third kappa shape index (κ3) is 2.91. The zero-order chi connectivity index (χ0) is 17.4. The van der Waals surface area contributed by atoms with Gasteiger partial charge in [-0.25, -0.2) is 4.98 Å². The maximum absolute atomic E-state index is 12.2. The first-order valence-electron chi connectivity index (χ1n) is 8.44. The summed E-state index contributed by atoms with van der Waals surface area (Å²) >= 11 is 0. The molecule has 0 amide bonds. The SMILES string of the molecule is COc1cccc(C2CCCN2Cc2nc3c(cnn3C)c(=O)[nH]2)c1. The van der Waals surface area contributed by atoms with Crippen molar-refractivity contribution < 1.29 is 4.74 Å². The lowest BCUT2D eigenvalue weighted by molar-refractivity contribution is 0.242. The highest BCUT2D eigenvalue weighted by Crippen LogP contribution is 2.34. The molecule has 1 aliphatic rings. The van der Waals surface area contributed by atoms with Crippen molar-refractivity contribution in [3.8, 4) is 5.75 Å². The zero-order valence-electron chi connectivity index (χ0n) is 14.4. The molecule has 1 unspecified atom stereocenters. The van der Waals surface area contributed by atoms with E-state index in [1.54, 1.807) is 25.0 Å². The van der Waals surface area contributed by atoms with E-state index in [1.165, 1.54) is 5.56 Å². The molecule has 2 aromatic heterocycles. The normalized spacial score (nSPS) is 18.1. The van der Waals surface area contributed by atoms with E-state index in [1.807, 2.05) is 12.1 Å². The summed E-state index contributed by atoms with van der Waals surface area (Å²) < 4.78 is 6.98. The third-order valence-corrected chi connectivity index (χ3v) is 4.85. The maximum Gasteiger partial charge on any atom is 0.262 e. The topological polar surface area (TPSA) is 76.0 Å². The van der Waals surface area contributed by atoms with Crippen LogP contribution in [0.3, 0.4) is 0 Å². The molecule has 0 radical (unpaired) electrons. The number of likely N-dealkylation sites (tertiary alicyclic amines) is 1. The Morgan fingerprint density at radius 1 is 1.40 bits per heavy atom. The van der Waals surface area contributed by atoms with E-state index >= 15 is 0 Å². The number of aromatic amines is 1. The van der Waals surface area contributed by atoms with Gasteiger partial charge in [0.05, 0.1) is 19.9 Å². The number of aryl methyl sites for hydroxylation is 1. The molecule has 3 aromatic rings. The Morgan fingerprint density at radius 3 is 3.12 bits per heavy atom. The van der Waals surface area contributed by atoms with Crippen LogP contribution in [0.25, 0.3) is 11.0 Å². The predicted molar refractivity (Wildman–Crippen MR) is 94.5 cm³/mol. The van der Waals surface area contributed by atoms with Gasteiger partial charge in [0, 0.05) is 13.1 Å². The van der Waals surface area contributed by atoms with Crippen LogP contribution in [0.4, 0.5) is 0 Å². The number of hydrogen-bond donors (Lipinski definition) is 1. The molecule has 25 heavy (non-hydrogen) atoms. The van der Waals surface area contributed by atoms with Crippen molar-refractivity contribution in [3.05, 3.63) is 52.2 Å². The summed E-state index contributed by atoms with van der Waals surface area (Å²) in [4.78, 5) is 22.1. The lowest BCUT2D eigenvalue weighted by atomic mass is 10.0. The van der Waals surface area contributed by atoms with Crippen LogP contribution in [0, 0.1) is 0 Å². The highest BCUT2D eigenvalue weighted by molar-refractivity contribution is 5.72. The maximum atomic E-state index is 12.2. The van der Waals surface area contributed by atoms with E-state index in [0.717, 1.165) is 25.1 Å². The Morgan fingerprint density at radius 2 is 2.28 bits per heavy atom. The second-order valence-corrected chi connectivity index (χ2v) is 6.42. The van der Waals surface area contributed by atoms with Gasteiger partial charge >= 0.3 is 0 Å². The summed E-state index contributed by atoms with van der Waals surface area (Å²) in [7, 11) is 3.48. The third-order valence-electron chi connectivity index (χ3n) is 4.85. The molecule has 1 fully saturated rings. The molecule has 1 atom stereocenters. The van der Waals surface area contributed by atoms with Crippen LogP contribution in [0.2, 0.25) is 0 Å². The molecule has 7 heteroatoms. The molecular weight excluding hydrogens is 318 g/mol. The van der Waals surface area contributed by atoms with Crippen LogP contribution >= 0.6 is 0 Å². The summed E-state index contributed by atoms with van der Waals surface area (Å²) in [6.45, 7) is 1.59. The van der Waals surface area contributed by atoms with E-state index < -0.39 is 0 Å². The van der Waals surface area contributed by atoms with Gasteiger partial charge in [-0.2, -0.15) is 5.10 Å². The van der Waals surface area contributed by atoms with Gasteiger partial charge in [-0.3, -0.25) is 14.4 Å². The van der Waals surface area contributed by atoms with Crippen molar-refractivity contribution >= 4 is 11.0 Å². The van der Waals surface area contributed by atoms with E-state index in [-0.39, 0.29) is 5.56 Å². The fourth-order valence-corrected chi connectivity index (χ4v) is 3.59. The summed E-state index contributed by atoms with van der Waals surface area (Å²) in [5.41, 5.74) is 1.72. The predicted octanol–water partition coefficient (Wildman–Crippen LogP) is 2.00. The lowest BCUT2D eigenvalue weighted by Gasteiger charge is -2.24. The molecule has 1 N–H and O–H groups in total. The Labute approximate surface area is 145 Å². The van der Waals surface area contributed by atoms with Gasteiger partial charge in [0.25, 0.3) is 5.56 Å². The van der Waals surface area contributed by atoms with Crippen molar-refractivity contribution in [2.45, 2.75) is 25.4 Å². The lowest BCUT2D eigenvalue weighted by Crippen LogP contribution is -2.25. The van der Waals surface area contributed by atoms with Crippen molar-refractivity contribution in [1.29, 1.82) is 0 Å². The highest BCUT2D eigenvalue weighted by atomic mass is 16.5. The number of fused-ring (bicyclic) bond motifs is 1. The van der Waals surface area contributed by atoms with Gasteiger partial charge in [-0.05, 0) is 37.1 Å². The van der Waals surface area contributed by atoms with E-state index in [4.69, 9.17) is 4.74 Å². The number of nitrogens with one attached hydrogen (secondary N) is 1. The summed E-state index contributed by atoms with van der Waals surface area (Å²) in [6.07, 6.45) is 3.77. The van der Waals surface area contributed by atoms with Crippen molar-refractivity contribution in [2.75, 3.05) is 13.7 Å². The largest absolute Gasteiger partial charge is 0.497 e. The van der Waals surface area contributed by atoms with E-state index in [0.29, 0.717) is 29.4 Å². The minimum atomic E-state index is -0.134. The number of hydrogen-bond acceptors (Lipinski definition) is 5. The number of aromatic nitrogens is 4. The van der Waals surface area contributed by atoms with Gasteiger partial charge < -0.3 is 9.72 Å². The fourth-order valence-electron chi connectivity index (χ4n) is 3.59. The minimum Gasteiger partial charge on any atom is -0.497 e. The van der Waals surface area contributed by atoms with Crippen LogP contribution in [0.1, 0.15) is 30.3 Å². The molecule has 3 heterocycles. The molecule has 0 aliphatic carbocycles. The smallest absolute Gasteiger partial charge is 0.262 e. The van der Waals surface area contributed by atoms with Crippen molar-refractivity contribution in [2.24, 2.45) is 7.05 Å². The van der Waals surface area contributed by atoms with Gasteiger partial charge in [-0.15, -0.1) is 0 Å². The van der Waals surface area contributed by atoms with Crippen LogP contribution in [0.15, 0.2) is 35.3 Å². The molecule has 0 bridgehead atoms. The molecular formula is C18H21N5O2. The van der Waals surface area contributed by atoms with Gasteiger partial charge in [-0.1, -0.05) is 12.1 Å². The Kier molecular flexibility index (Phi) is 4.01. The van der Waals surface area contributed by atoms with Crippen molar-refractivity contribution in [3.63, 3.8) is 0 Å². The monoisotopic (exact) mass is 339 g/mol. The molecule has 1 saturated heterocycles. The molecule has 7 nitrogen and oxygen atoms in total. The average Bonchev–Trinajstić information content (AvgIpc) is 3.23. The van der Waals surface area contributed by atoms with Gasteiger partial charge in [0.1, 0.15) is 17.0 Å². The van der Waals surface area contributed by atoms with Crippen LogP contribution < -0.4 is 10.3 Å². The van der Waals surface area contributed by atoms with Gasteiger partial charge in [0.2, 0.25) is 0 Å². The first-order valence-corrected chi connectivity index (χ1v) is 8.44.